The Hall–Kier alpha value is -2.89. The minimum atomic E-state index is -0.838. The first-order valence-electron chi connectivity index (χ1n) is 6.38. The molecule has 0 aliphatic heterocycles. The van der Waals surface area contributed by atoms with Crippen LogP contribution in [0.25, 0.3) is 6.08 Å². The van der Waals surface area contributed by atoms with E-state index >= 15 is 0 Å². The van der Waals surface area contributed by atoms with Crippen molar-refractivity contribution >= 4 is 23.4 Å². The molecule has 4 nitrogen and oxygen atoms in total. The van der Waals surface area contributed by atoms with Gasteiger partial charge in [-0.15, -0.1) is 0 Å². The van der Waals surface area contributed by atoms with Gasteiger partial charge in [0.05, 0.1) is 12.8 Å². The third-order valence-corrected chi connectivity index (χ3v) is 2.89. The van der Waals surface area contributed by atoms with E-state index in [1.807, 2.05) is 0 Å². The maximum Gasteiger partial charge on any atom is 0.248 e. The maximum absolute atomic E-state index is 13.4. The highest BCUT2D eigenvalue weighted by molar-refractivity contribution is 6.02. The number of carbonyl (C=O) groups is 1. The first kappa shape index (κ1) is 15.5. The minimum absolute atomic E-state index is 0.421. The molecule has 0 unspecified atom stereocenters. The van der Waals surface area contributed by atoms with E-state index in [1.54, 1.807) is 18.2 Å². The Balaban J connectivity index is 2.10. The zero-order valence-corrected chi connectivity index (χ0v) is 11.8. The van der Waals surface area contributed by atoms with E-state index in [2.05, 4.69) is 5.32 Å². The number of nitrogens with one attached hydrogen (secondary N) is 1. The Labute approximate surface area is 126 Å². The molecule has 0 spiro atoms. The molecule has 22 heavy (non-hydrogen) atoms. The largest absolute Gasteiger partial charge is 0.495 e. The standard InChI is InChI=1S/C16H14F2N2O2/c1-22-14-7-5-10(9-13(14)19)6-8-15(21)20-16-11(17)3-2-4-12(16)18/h2-9H,19H2,1H3,(H,20,21)/b8-6-. The van der Waals surface area contributed by atoms with Crippen molar-refractivity contribution in [3.8, 4) is 5.75 Å². The van der Waals surface area contributed by atoms with Gasteiger partial charge in [0.2, 0.25) is 5.91 Å². The van der Waals surface area contributed by atoms with E-state index < -0.39 is 23.2 Å². The van der Waals surface area contributed by atoms with Crippen molar-refractivity contribution in [3.63, 3.8) is 0 Å². The van der Waals surface area contributed by atoms with Gasteiger partial charge in [-0.2, -0.15) is 0 Å². The van der Waals surface area contributed by atoms with Crippen molar-refractivity contribution in [3.05, 3.63) is 59.7 Å². The lowest BCUT2D eigenvalue weighted by molar-refractivity contribution is -0.111. The predicted molar refractivity (Wildman–Crippen MR) is 81.4 cm³/mol. The second kappa shape index (κ2) is 6.71. The van der Waals surface area contributed by atoms with Gasteiger partial charge in [0.1, 0.15) is 23.1 Å². The van der Waals surface area contributed by atoms with Crippen LogP contribution in [0.15, 0.2) is 42.5 Å². The van der Waals surface area contributed by atoms with Gasteiger partial charge in [0.15, 0.2) is 0 Å². The zero-order chi connectivity index (χ0) is 16.1. The van der Waals surface area contributed by atoms with Crippen molar-refractivity contribution in [1.29, 1.82) is 0 Å². The van der Waals surface area contributed by atoms with Crippen LogP contribution in [0.2, 0.25) is 0 Å². The number of para-hydroxylation sites is 1. The molecule has 1 amide bonds. The summed E-state index contributed by atoms with van der Waals surface area (Å²) in [4.78, 5) is 11.7. The molecule has 2 aromatic rings. The first-order chi connectivity index (χ1) is 10.5. The molecular formula is C16H14F2N2O2. The van der Waals surface area contributed by atoms with Crippen LogP contribution >= 0.6 is 0 Å². The van der Waals surface area contributed by atoms with Crippen molar-refractivity contribution in [2.75, 3.05) is 18.2 Å². The number of methoxy groups -OCH3 is 1. The maximum atomic E-state index is 13.4. The number of carbonyl (C=O) groups excluding carboxylic acids is 1. The smallest absolute Gasteiger partial charge is 0.248 e. The molecule has 3 N–H and O–H groups in total. The molecule has 0 saturated carbocycles. The lowest BCUT2D eigenvalue weighted by Gasteiger charge is -2.05. The van der Waals surface area contributed by atoms with Gasteiger partial charge in [-0.3, -0.25) is 4.79 Å². The highest BCUT2D eigenvalue weighted by atomic mass is 19.1. The Kier molecular flexibility index (Phi) is 4.73. The van der Waals surface area contributed by atoms with E-state index in [4.69, 9.17) is 10.5 Å². The van der Waals surface area contributed by atoms with Gasteiger partial charge in [-0.1, -0.05) is 12.1 Å². The van der Waals surface area contributed by atoms with Crippen molar-refractivity contribution in [2.45, 2.75) is 0 Å². The SMILES string of the molecule is COc1ccc(/C=C\C(=O)Nc2c(F)cccc2F)cc1N. The Morgan fingerprint density at radius 1 is 1.23 bits per heavy atom. The van der Waals surface area contributed by atoms with Gasteiger partial charge in [-0.25, -0.2) is 8.78 Å². The third kappa shape index (κ3) is 3.60. The fraction of sp³-hybridized carbons (Fsp3) is 0.0625. The number of nitrogens with two attached hydrogens (primary N) is 1. The summed E-state index contributed by atoms with van der Waals surface area (Å²) in [5.74, 6) is -1.81. The fourth-order valence-electron chi connectivity index (χ4n) is 1.81. The number of hydrogen-bond acceptors (Lipinski definition) is 3. The molecule has 0 atom stereocenters. The van der Waals surface area contributed by atoms with Gasteiger partial charge in [0.25, 0.3) is 0 Å². The van der Waals surface area contributed by atoms with Crippen molar-refractivity contribution in [1.82, 2.24) is 0 Å². The molecule has 0 aliphatic rings. The number of anilines is 2. The summed E-state index contributed by atoms with van der Waals surface area (Å²) in [6, 6.07) is 8.31. The molecule has 0 radical (unpaired) electrons. The molecule has 2 aromatic carbocycles. The van der Waals surface area contributed by atoms with Crippen LogP contribution in [0, 0.1) is 11.6 Å². The van der Waals surface area contributed by atoms with Crippen LogP contribution in [-0.4, -0.2) is 13.0 Å². The third-order valence-electron chi connectivity index (χ3n) is 2.89. The van der Waals surface area contributed by atoms with Crippen LogP contribution < -0.4 is 15.8 Å². The summed E-state index contributed by atoms with van der Waals surface area (Å²) in [5.41, 5.74) is 6.34. The molecule has 114 valence electrons. The highest BCUT2D eigenvalue weighted by Gasteiger charge is 2.09. The van der Waals surface area contributed by atoms with Crippen LogP contribution in [-0.2, 0) is 4.79 Å². The van der Waals surface area contributed by atoms with Crippen LogP contribution in [0.1, 0.15) is 5.56 Å². The number of nitrogen functional groups attached to an aromatic ring is 1. The number of rotatable bonds is 4. The molecule has 6 heteroatoms. The molecule has 2 rings (SSSR count). The zero-order valence-electron chi connectivity index (χ0n) is 11.8. The summed E-state index contributed by atoms with van der Waals surface area (Å²) < 4.78 is 31.8. The molecule has 0 heterocycles. The quantitative estimate of drug-likeness (QED) is 0.673. The van der Waals surface area contributed by atoms with E-state index in [9.17, 15) is 13.6 Å². The second-order valence-electron chi connectivity index (χ2n) is 4.42. The first-order valence-corrected chi connectivity index (χ1v) is 6.38. The van der Waals surface area contributed by atoms with E-state index in [0.717, 1.165) is 18.2 Å². The Bertz CT molecular complexity index is 710. The Morgan fingerprint density at radius 2 is 1.91 bits per heavy atom. The summed E-state index contributed by atoms with van der Waals surface area (Å²) in [6.07, 6.45) is 2.64. The summed E-state index contributed by atoms with van der Waals surface area (Å²) in [5, 5.41) is 2.15. The average molecular weight is 304 g/mol. The van der Waals surface area contributed by atoms with Gasteiger partial charge >= 0.3 is 0 Å². The lowest BCUT2D eigenvalue weighted by atomic mass is 10.1. The fourth-order valence-corrected chi connectivity index (χ4v) is 1.81. The minimum Gasteiger partial charge on any atom is -0.495 e. The normalized spacial score (nSPS) is 10.7. The van der Waals surface area contributed by atoms with Crippen LogP contribution in [0.5, 0.6) is 5.75 Å². The van der Waals surface area contributed by atoms with E-state index in [0.29, 0.717) is 17.0 Å². The number of ether oxygens (including phenoxy) is 1. The average Bonchev–Trinajstić information content (AvgIpc) is 2.49. The number of halogens is 2. The van der Waals surface area contributed by atoms with Crippen LogP contribution in [0.3, 0.4) is 0 Å². The molecule has 0 aromatic heterocycles. The van der Waals surface area contributed by atoms with Crippen LogP contribution in [0.4, 0.5) is 20.2 Å². The topological polar surface area (TPSA) is 64.3 Å². The molecule has 0 fully saturated rings. The molecule has 0 saturated heterocycles. The highest BCUT2D eigenvalue weighted by Crippen LogP contribution is 2.22. The van der Waals surface area contributed by atoms with Crippen molar-refractivity contribution < 1.29 is 18.3 Å². The number of amides is 1. The summed E-state index contributed by atoms with van der Waals surface area (Å²) in [7, 11) is 1.50. The van der Waals surface area contributed by atoms with Gasteiger partial charge < -0.3 is 15.8 Å². The Morgan fingerprint density at radius 3 is 2.50 bits per heavy atom. The lowest BCUT2D eigenvalue weighted by Crippen LogP contribution is -2.10. The monoisotopic (exact) mass is 304 g/mol. The van der Waals surface area contributed by atoms with E-state index in [1.165, 1.54) is 19.3 Å². The predicted octanol–water partition coefficient (Wildman–Crippen LogP) is 3.21. The summed E-state index contributed by atoms with van der Waals surface area (Å²) >= 11 is 0. The van der Waals surface area contributed by atoms with Crippen molar-refractivity contribution in [2.24, 2.45) is 0 Å². The molecule has 0 aliphatic carbocycles. The number of hydrogen-bond donors (Lipinski definition) is 2. The molecule has 0 bridgehead atoms. The van der Waals surface area contributed by atoms with E-state index in [-0.39, 0.29) is 0 Å². The number of benzene rings is 2. The van der Waals surface area contributed by atoms with Gasteiger partial charge in [-0.05, 0) is 35.9 Å². The second-order valence-corrected chi connectivity index (χ2v) is 4.42. The molecular weight excluding hydrogens is 290 g/mol. The van der Waals surface area contributed by atoms with Gasteiger partial charge in [0, 0.05) is 6.08 Å². The summed E-state index contributed by atoms with van der Waals surface area (Å²) in [6.45, 7) is 0.